The maximum atomic E-state index is 13.6. The number of hydrazone groups is 1. The summed E-state index contributed by atoms with van der Waals surface area (Å²) in [5, 5.41) is 11.7. The summed E-state index contributed by atoms with van der Waals surface area (Å²) in [5.41, 5.74) is 2.77. The van der Waals surface area contributed by atoms with Gasteiger partial charge in [-0.25, -0.2) is 14.2 Å². The van der Waals surface area contributed by atoms with Crippen LogP contribution in [-0.4, -0.2) is 41.6 Å². The molecule has 0 aliphatic carbocycles. The van der Waals surface area contributed by atoms with Crippen molar-refractivity contribution >= 4 is 23.2 Å². The molecular weight excluding hydrogens is 332 g/mol. The molecule has 2 aliphatic heterocycles. The number of hydrogen-bond donors (Lipinski definition) is 1. The lowest BCUT2D eigenvalue weighted by Crippen LogP contribution is -2.41. The van der Waals surface area contributed by atoms with E-state index in [1.165, 1.54) is 6.92 Å². The summed E-state index contributed by atoms with van der Waals surface area (Å²) in [7, 11) is 0. The Balaban J connectivity index is 1.72. The van der Waals surface area contributed by atoms with Gasteiger partial charge in [0, 0.05) is 32.0 Å². The molecule has 0 aromatic heterocycles. The normalized spacial score (nSPS) is 21.6. The molecule has 9 heteroatoms. The van der Waals surface area contributed by atoms with Gasteiger partial charge in [0.05, 0.1) is 5.71 Å². The molecule has 1 fully saturated rings. The Bertz CT molecular complexity index is 757. The maximum absolute atomic E-state index is 13.6. The second-order valence-electron chi connectivity index (χ2n) is 6.01. The van der Waals surface area contributed by atoms with Gasteiger partial charge in [0.25, 0.3) is 5.91 Å². The first-order valence-electron chi connectivity index (χ1n) is 7.94. The van der Waals surface area contributed by atoms with E-state index in [0.29, 0.717) is 37.7 Å². The van der Waals surface area contributed by atoms with E-state index in [1.54, 1.807) is 4.90 Å². The molecule has 1 atom stereocenters. The van der Waals surface area contributed by atoms with Gasteiger partial charge in [-0.3, -0.25) is 9.59 Å². The van der Waals surface area contributed by atoms with E-state index in [0.717, 1.165) is 12.1 Å². The molecule has 0 unspecified atom stereocenters. The van der Waals surface area contributed by atoms with Gasteiger partial charge in [0.2, 0.25) is 5.91 Å². The monoisotopic (exact) mass is 349 g/mol. The number of nitrogens with zero attached hydrogens (tertiary/aromatic N) is 4. The third-order valence-electron chi connectivity index (χ3n) is 4.37. The Morgan fingerprint density at radius 3 is 2.68 bits per heavy atom. The van der Waals surface area contributed by atoms with Crippen molar-refractivity contribution < 1.29 is 18.4 Å². The van der Waals surface area contributed by atoms with Crippen LogP contribution in [0.2, 0.25) is 0 Å². The lowest BCUT2D eigenvalue weighted by Gasteiger charge is -2.31. The molecule has 1 saturated heterocycles. The molecule has 2 aliphatic rings. The van der Waals surface area contributed by atoms with Crippen molar-refractivity contribution in [3.05, 3.63) is 29.8 Å². The van der Waals surface area contributed by atoms with Gasteiger partial charge in [0.1, 0.15) is 11.5 Å². The van der Waals surface area contributed by atoms with Crippen molar-refractivity contribution in [3.8, 4) is 0 Å². The lowest BCUT2D eigenvalue weighted by molar-refractivity contribution is -0.130. The lowest BCUT2D eigenvalue weighted by atomic mass is 9.88. The smallest absolute Gasteiger partial charge is 0.272 e. The van der Waals surface area contributed by atoms with Gasteiger partial charge >= 0.3 is 0 Å². The SMILES string of the molecule is CC(=O)N1CCC(C2=NNC(=O)[C@H]2N=Nc2ccc(F)cc2F)CC1. The number of carbonyl (C=O) groups is 2. The second-order valence-corrected chi connectivity index (χ2v) is 6.01. The summed E-state index contributed by atoms with van der Waals surface area (Å²) >= 11 is 0. The molecule has 25 heavy (non-hydrogen) atoms. The molecule has 1 N–H and O–H groups in total. The molecule has 132 valence electrons. The topological polar surface area (TPSA) is 86.5 Å². The predicted octanol–water partition coefficient (Wildman–Crippen LogP) is 2.16. The molecule has 3 rings (SSSR count). The van der Waals surface area contributed by atoms with Crippen LogP contribution in [0.1, 0.15) is 19.8 Å². The first kappa shape index (κ1) is 17.1. The van der Waals surface area contributed by atoms with Crippen molar-refractivity contribution in [1.29, 1.82) is 0 Å². The van der Waals surface area contributed by atoms with Crippen molar-refractivity contribution in [2.24, 2.45) is 21.2 Å². The van der Waals surface area contributed by atoms with Crippen LogP contribution in [0.5, 0.6) is 0 Å². The minimum atomic E-state index is -0.932. The van der Waals surface area contributed by atoms with E-state index >= 15 is 0 Å². The van der Waals surface area contributed by atoms with Gasteiger partial charge in [-0.05, 0) is 25.0 Å². The van der Waals surface area contributed by atoms with Gasteiger partial charge in [-0.1, -0.05) is 0 Å². The van der Waals surface area contributed by atoms with E-state index in [1.807, 2.05) is 0 Å². The van der Waals surface area contributed by atoms with Crippen LogP contribution in [0.3, 0.4) is 0 Å². The number of piperidine rings is 1. The molecular formula is C16H17F2N5O2. The average molecular weight is 349 g/mol. The molecule has 0 bridgehead atoms. The number of halogens is 2. The van der Waals surface area contributed by atoms with Crippen LogP contribution in [-0.2, 0) is 9.59 Å². The van der Waals surface area contributed by atoms with Crippen molar-refractivity contribution in [2.45, 2.75) is 25.8 Å². The zero-order valence-electron chi connectivity index (χ0n) is 13.6. The summed E-state index contributed by atoms with van der Waals surface area (Å²) in [6.45, 7) is 2.69. The third kappa shape index (κ3) is 3.70. The Kier molecular flexibility index (Phi) is 4.82. The highest BCUT2D eigenvalue weighted by Crippen LogP contribution is 2.25. The van der Waals surface area contributed by atoms with Crippen molar-refractivity contribution in [3.63, 3.8) is 0 Å². The Hall–Kier alpha value is -2.71. The molecule has 0 saturated carbocycles. The summed E-state index contributed by atoms with van der Waals surface area (Å²) in [4.78, 5) is 25.1. The van der Waals surface area contributed by atoms with Crippen LogP contribution < -0.4 is 5.43 Å². The fraction of sp³-hybridized carbons (Fsp3) is 0.438. The van der Waals surface area contributed by atoms with E-state index in [-0.39, 0.29) is 17.5 Å². The van der Waals surface area contributed by atoms with E-state index in [2.05, 4.69) is 20.8 Å². The highest BCUT2D eigenvalue weighted by molar-refractivity contribution is 6.12. The van der Waals surface area contributed by atoms with Gasteiger partial charge in [0.15, 0.2) is 11.9 Å². The number of nitrogens with one attached hydrogen (secondary N) is 1. The second kappa shape index (κ2) is 7.04. The first-order chi connectivity index (χ1) is 12.0. The standard InChI is InChI=1S/C16H17F2N5O2/c1-9(24)23-6-4-10(5-7-23)14-15(16(25)22-20-14)21-19-13-3-2-11(17)8-12(13)18/h2-3,8,10,15H,4-7H2,1H3,(H,22,25)/t15-/m0/s1. The summed E-state index contributed by atoms with van der Waals surface area (Å²) in [5.74, 6) is -1.99. The minimum absolute atomic E-state index is 0.00318. The third-order valence-corrected chi connectivity index (χ3v) is 4.37. The average Bonchev–Trinajstić information content (AvgIpc) is 2.95. The molecule has 2 amide bonds. The molecule has 2 heterocycles. The van der Waals surface area contributed by atoms with Crippen molar-refractivity contribution in [2.75, 3.05) is 13.1 Å². The summed E-state index contributed by atoms with van der Waals surface area (Å²) < 4.78 is 26.6. The van der Waals surface area contributed by atoms with Crippen LogP contribution in [0, 0.1) is 17.6 Å². The number of benzene rings is 1. The Morgan fingerprint density at radius 1 is 1.32 bits per heavy atom. The van der Waals surface area contributed by atoms with Crippen molar-refractivity contribution in [1.82, 2.24) is 10.3 Å². The number of azo groups is 1. The Labute approximate surface area is 142 Å². The highest BCUT2D eigenvalue weighted by Gasteiger charge is 2.37. The highest BCUT2D eigenvalue weighted by atomic mass is 19.1. The van der Waals surface area contributed by atoms with Crippen LogP contribution in [0.25, 0.3) is 0 Å². The largest absolute Gasteiger partial charge is 0.343 e. The number of amides is 2. The van der Waals surface area contributed by atoms with Crippen LogP contribution in [0.15, 0.2) is 33.5 Å². The zero-order valence-corrected chi connectivity index (χ0v) is 13.6. The molecule has 0 spiro atoms. The van der Waals surface area contributed by atoms with Crippen LogP contribution in [0.4, 0.5) is 14.5 Å². The van der Waals surface area contributed by atoms with Crippen LogP contribution >= 0.6 is 0 Å². The Morgan fingerprint density at radius 2 is 2.04 bits per heavy atom. The fourth-order valence-corrected chi connectivity index (χ4v) is 2.97. The molecule has 1 aromatic carbocycles. The predicted molar refractivity (Wildman–Crippen MR) is 85.2 cm³/mol. The van der Waals surface area contributed by atoms with Gasteiger partial charge in [-0.2, -0.15) is 15.3 Å². The first-order valence-corrected chi connectivity index (χ1v) is 7.94. The van der Waals surface area contributed by atoms with E-state index in [9.17, 15) is 18.4 Å². The minimum Gasteiger partial charge on any atom is -0.343 e. The van der Waals surface area contributed by atoms with Gasteiger partial charge < -0.3 is 4.90 Å². The van der Waals surface area contributed by atoms with E-state index in [4.69, 9.17) is 0 Å². The number of carbonyl (C=O) groups excluding carboxylic acids is 2. The zero-order chi connectivity index (χ0) is 18.0. The quantitative estimate of drug-likeness (QED) is 0.848. The van der Waals surface area contributed by atoms with E-state index < -0.39 is 23.6 Å². The summed E-state index contributed by atoms with van der Waals surface area (Å²) in [6, 6.07) is 2.00. The fourth-order valence-electron chi connectivity index (χ4n) is 2.97. The number of likely N-dealkylation sites (tertiary alicyclic amines) is 1. The molecule has 0 radical (unpaired) electrons. The molecule has 1 aromatic rings. The number of hydrogen-bond acceptors (Lipinski definition) is 5. The van der Waals surface area contributed by atoms with Gasteiger partial charge in [-0.15, -0.1) is 0 Å². The number of rotatable bonds is 3. The maximum Gasteiger partial charge on any atom is 0.272 e. The summed E-state index contributed by atoms with van der Waals surface area (Å²) in [6.07, 6.45) is 1.34. The molecule has 7 nitrogen and oxygen atoms in total.